The van der Waals surface area contributed by atoms with Gasteiger partial charge < -0.3 is 10.2 Å². The van der Waals surface area contributed by atoms with Crippen LogP contribution in [0.25, 0.3) is 0 Å². The molecule has 0 saturated carbocycles. The third-order valence-electron chi connectivity index (χ3n) is 3.69. The average molecular weight is 313 g/mol. The molecule has 0 spiro atoms. The quantitative estimate of drug-likeness (QED) is 0.928. The predicted octanol–water partition coefficient (Wildman–Crippen LogP) is 2.49. The van der Waals surface area contributed by atoms with E-state index in [1.807, 2.05) is 6.92 Å². The second-order valence-corrected chi connectivity index (χ2v) is 5.61. The van der Waals surface area contributed by atoms with Crippen molar-refractivity contribution in [2.45, 2.75) is 45.3 Å². The molecule has 1 heterocycles. The van der Waals surface area contributed by atoms with Crippen LogP contribution in [0.3, 0.4) is 0 Å². The van der Waals surface area contributed by atoms with Crippen LogP contribution >= 0.6 is 11.6 Å². The van der Waals surface area contributed by atoms with Crippen LogP contribution in [-0.2, 0) is 16.1 Å². The van der Waals surface area contributed by atoms with E-state index in [0.717, 1.165) is 6.42 Å². The van der Waals surface area contributed by atoms with Gasteiger partial charge in [0.1, 0.15) is 17.9 Å². The first-order valence-corrected chi connectivity index (χ1v) is 7.37. The third kappa shape index (κ3) is 3.18. The molecule has 21 heavy (non-hydrogen) atoms. The number of benzene rings is 1. The SMILES string of the molecule is CCCC1NC(=O)C(C)N(Cc2cccc(Cl)c2F)C1=O. The number of carbonyl (C=O) groups excluding carboxylic acids is 2. The zero-order chi connectivity index (χ0) is 15.6. The van der Waals surface area contributed by atoms with Crippen molar-refractivity contribution >= 4 is 23.4 Å². The zero-order valence-electron chi connectivity index (χ0n) is 12.0. The van der Waals surface area contributed by atoms with E-state index in [1.54, 1.807) is 19.1 Å². The first-order valence-electron chi connectivity index (χ1n) is 6.99. The summed E-state index contributed by atoms with van der Waals surface area (Å²) in [6.07, 6.45) is 1.36. The van der Waals surface area contributed by atoms with Crippen LogP contribution in [0.4, 0.5) is 4.39 Å². The minimum Gasteiger partial charge on any atom is -0.343 e. The van der Waals surface area contributed by atoms with Crippen LogP contribution in [0, 0.1) is 5.82 Å². The van der Waals surface area contributed by atoms with Crippen molar-refractivity contribution in [1.29, 1.82) is 0 Å². The van der Waals surface area contributed by atoms with Crippen LogP contribution in [-0.4, -0.2) is 28.8 Å². The van der Waals surface area contributed by atoms with E-state index in [0.29, 0.717) is 12.0 Å². The molecule has 1 aliphatic rings. The molecule has 1 aromatic carbocycles. The summed E-state index contributed by atoms with van der Waals surface area (Å²) in [5.74, 6) is -0.934. The molecule has 6 heteroatoms. The van der Waals surface area contributed by atoms with Gasteiger partial charge in [0, 0.05) is 12.1 Å². The Hall–Kier alpha value is -1.62. The Bertz CT molecular complexity index is 565. The predicted molar refractivity (Wildman–Crippen MR) is 78.3 cm³/mol. The van der Waals surface area contributed by atoms with Crippen LogP contribution in [0.15, 0.2) is 18.2 Å². The van der Waals surface area contributed by atoms with Gasteiger partial charge in [-0.2, -0.15) is 0 Å². The fourth-order valence-corrected chi connectivity index (χ4v) is 2.63. The van der Waals surface area contributed by atoms with Gasteiger partial charge in [0.2, 0.25) is 11.8 Å². The zero-order valence-corrected chi connectivity index (χ0v) is 12.8. The summed E-state index contributed by atoms with van der Waals surface area (Å²) in [5, 5.41) is 2.72. The molecule has 1 saturated heterocycles. The van der Waals surface area contributed by atoms with E-state index in [1.165, 1.54) is 11.0 Å². The molecular weight excluding hydrogens is 295 g/mol. The minimum absolute atomic E-state index is 0.0131. The number of carbonyl (C=O) groups is 2. The van der Waals surface area contributed by atoms with Gasteiger partial charge in [0.15, 0.2) is 0 Å². The minimum atomic E-state index is -0.621. The van der Waals surface area contributed by atoms with Crippen molar-refractivity contribution in [3.8, 4) is 0 Å². The fraction of sp³-hybridized carbons (Fsp3) is 0.467. The van der Waals surface area contributed by atoms with Gasteiger partial charge in [0.25, 0.3) is 0 Å². The van der Waals surface area contributed by atoms with Gasteiger partial charge in [-0.1, -0.05) is 37.1 Å². The molecule has 114 valence electrons. The lowest BCUT2D eigenvalue weighted by atomic mass is 10.0. The molecule has 2 amide bonds. The molecule has 2 unspecified atom stereocenters. The largest absolute Gasteiger partial charge is 0.343 e. The molecule has 1 N–H and O–H groups in total. The summed E-state index contributed by atoms with van der Waals surface area (Å²) in [7, 11) is 0. The summed E-state index contributed by atoms with van der Waals surface area (Å²) in [6, 6.07) is 3.50. The van der Waals surface area contributed by atoms with Crippen molar-refractivity contribution in [3.05, 3.63) is 34.6 Å². The summed E-state index contributed by atoms with van der Waals surface area (Å²) in [4.78, 5) is 25.8. The van der Waals surface area contributed by atoms with E-state index in [2.05, 4.69) is 5.32 Å². The summed E-state index contributed by atoms with van der Waals surface area (Å²) in [6.45, 7) is 3.62. The van der Waals surface area contributed by atoms with E-state index < -0.39 is 17.9 Å². The molecule has 0 aliphatic carbocycles. The number of nitrogens with zero attached hydrogens (tertiary/aromatic N) is 1. The fourth-order valence-electron chi connectivity index (χ4n) is 2.44. The normalized spacial score (nSPS) is 22.4. The smallest absolute Gasteiger partial charge is 0.246 e. The maximum Gasteiger partial charge on any atom is 0.246 e. The first kappa shape index (κ1) is 15.8. The molecule has 0 aromatic heterocycles. The number of amides is 2. The van der Waals surface area contributed by atoms with Crippen molar-refractivity contribution in [2.75, 3.05) is 0 Å². The second kappa shape index (κ2) is 6.43. The van der Waals surface area contributed by atoms with Crippen LogP contribution in [0.5, 0.6) is 0 Å². The lowest BCUT2D eigenvalue weighted by molar-refractivity contribution is -0.149. The van der Waals surface area contributed by atoms with Gasteiger partial charge in [-0.15, -0.1) is 0 Å². The maximum absolute atomic E-state index is 14.0. The van der Waals surface area contributed by atoms with Crippen molar-refractivity contribution in [1.82, 2.24) is 10.2 Å². The Labute approximate surface area is 128 Å². The number of piperazine rings is 1. The molecule has 1 fully saturated rings. The van der Waals surface area contributed by atoms with Gasteiger partial charge in [-0.05, 0) is 19.4 Å². The molecular formula is C15H18ClFN2O2. The molecule has 1 aromatic rings. The van der Waals surface area contributed by atoms with Crippen LogP contribution in [0.2, 0.25) is 5.02 Å². The highest BCUT2D eigenvalue weighted by Gasteiger charge is 2.37. The van der Waals surface area contributed by atoms with Gasteiger partial charge in [-0.25, -0.2) is 4.39 Å². The standard InChI is InChI=1S/C15H18ClFN2O2/c1-3-5-12-15(21)19(9(2)14(20)18-12)8-10-6-4-7-11(16)13(10)17/h4,6-7,9,12H,3,5,8H2,1-2H3,(H,18,20). The van der Waals surface area contributed by atoms with Crippen molar-refractivity contribution in [2.24, 2.45) is 0 Å². The molecule has 4 nitrogen and oxygen atoms in total. The lowest BCUT2D eigenvalue weighted by Crippen LogP contribution is -2.61. The monoisotopic (exact) mass is 312 g/mol. The van der Waals surface area contributed by atoms with Gasteiger partial charge >= 0.3 is 0 Å². The van der Waals surface area contributed by atoms with E-state index in [9.17, 15) is 14.0 Å². The van der Waals surface area contributed by atoms with E-state index in [-0.39, 0.29) is 23.4 Å². The third-order valence-corrected chi connectivity index (χ3v) is 3.99. The lowest BCUT2D eigenvalue weighted by Gasteiger charge is -2.37. The number of nitrogens with one attached hydrogen (secondary N) is 1. The van der Waals surface area contributed by atoms with Gasteiger partial charge in [0.05, 0.1) is 5.02 Å². The van der Waals surface area contributed by atoms with E-state index >= 15 is 0 Å². The summed E-state index contributed by atoms with van der Waals surface area (Å²) < 4.78 is 14.0. The Morgan fingerprint density at radius 3 is 2.76 bits per heavy atom. The number of rotatable bonds is 4. The van der Waals surface area contributed by atoms with Crippen LogP contribution < -0.4 is 5.32 Å². The molecule has 1 aliphatic heterocycles. The Morgan fingerprint density at radius 2 is 2.10 bits per heavy atom. The summed E-state index contributed by atoms with van der Waals surface area (Å²) >= 11 is 5.75. The second-order valence-electron chi connectivity index (χ2n) is 5.20. The van der Waals surface area contributed by atoms with Gasteiger partial charge in [-0.3, -0.25) is 9.59 Å². The van der Waals surface area contributed by atoms with Crippen LogP contribution in [0.1, 0.15) is 32.3 Å². The van der Waals surface area contributed by atoms with Crippen molar-refractivity contribution in [3.63, 3.8) is 0 Å². The number of hydrogen-bond acceptors (Lipinski definition) is 2. The molecule has 2 atom stereocenters. The topological polar surface area (TPSA) is 49.4 Å². The Balaban J connectivity index is 2.25. The Morgan fingerprint density at radius 1 is 1.38 bits per heavy atom. The highest BCUT2D eigenvalue weighted by molar-refractivity contribution is 6.30. The van der Waals surface area contributed by atoms with Crippen molar-refractivity contribution < 1.29 is 14.0 Å². The molecule has 0 radical (unpaired) electrons. The first-order chi connectivity index (χ1) is 9.95. The highest BCUT2D eigenvalue weighted by Crippen LogP contribution is 2.22. The Kier molecular flexibility index (Phi) is 4.83. The molecule has 2 rings (SSSR count). The van der Waals surface area contributed by atoms with E-state index in [4.69, 9.17) is 11.6 Å². The molecule has 0 bridgehead atoms. The average Bonchev–Trinajstić information content (AvgIpc) is 2.45. The highest BCUT2D eigenvalue weighted by atomic mass is 35.5. The summed E-state index contributed by atoms with van der Waals surface area (Å²) in [5.41, 5.74) is 0.313. The number of halogens is 2. The maximum atomic E-state index is 14.0. The number of hydrogen-bond donors (Lipinski definition) is 1.